The number of halogens is 3. The summed E-state index contributed by atoms with van der Waals surface area (Å²) >= 11 is 1.37. The van der Waals surface area contributed by atoms with Crippen LogP contribution in [0.25, 0.3) is 33.8 Å². The van der Waals surface area contributed by atoms with Crippen LogP contribution in [0.4, 0.5) is 30.2 Å². The van der Waals surface area contributed by atoms with Gasteiger partial charge in [-0.05, 0) is 176 Å². The zero-order valence-electron chi connectivity index (χ0n) is 56.3. The van der Waals surface area contributed by atoms with Gasteiger partial charge in [0.25, 0.3) is 35.4 Å². The number of ether oxygens (including phenoxy) is 3. The van der Waals surface area contributed by atoms with Gasteiger partial charge < -0.3 is 61.1 Å². The molecule has 32 heteroatoms. The zero-order valence-corrected chi connectivity index (χ0v) is 58.7. The second kappa shape index (κ2) is 34.1. The van der Waals surface area contributed by atoms with Gasteiger partial charge in [0, 0.05) is 97.9 Å². The number of aromatic amines is 3. The van der Waals surface area contributed by atoms with Crippen LogP contribution in [0.1, 0.15) is 62.9 Å². The van der Waals surface area contributed by atoms with E-state index in [9.17, 15) is 50.4 Å². The number of pyridine rings is 3. The molecule has 6 heterocycles. The minimum atomic E-state index is -3.74. The number of nitrogens with one attached hydrogen (secondary N) is 9. The van der Waals surface area contributed by atoms with Crippen molar-refractivity contribution < 1.29 is 64.6 Å². The molecule has 0 aliphatic rings. The number of aromatic nitrogens is 9. The number of carbonyl (C=O) groups excluding carboxylic acids is 6. The first kappa shape index (κ1) is 74.6. The van der Waals surface area contributed by atoms with Crippen LogP contribution in [0.3, 0.4) is 0 Å². The lowest BCUT2D eigenvalue weighted by Gasteiger charge is -2.09. The van der Waals surface area contributed by atoms with Crippen molar-refractivity contribution in [1.29, 1.82) is 0 Å². The molecule has 0 aliphatic carbocycles. The van der Waals surface area contributed by atoms with E-state index in [0.29, 0.717) is 90.0 Å². The van der Waals surface area contributed by atoms with Crippen molar-refractivity contribution in [1.82, 2.24) is 60.8 Å². The Morgan fingerprint density at radius 2 is 0.743 bits per heavy atom. The number of imidazole rings is 3. The second-order valence-electron chi connectivity index (χ2n) is 22.0. The predicted octanol–water partition coefficient (Wildman–Crippen LogP) is 12.9. The van der Waals surface area contributed by atoms with E-state index in [-0.39, 0.29) is 80.3 Å². The Kier molecular flexibility index (Phi) is 24.2. The van der Waals surface area contributed by atoms with Gasteiger partial charge in [0.1, 0.15) is 103 Å². The highest BCUT2D eigenvalue weighted by molar-refractivity contribution is 8.13. The van der Waals surface area contributed by atoms with E-state index in [0.717, 1.165) is 6.26 Å². The Bertz CT molecular complexity index is 5300. The summed E-state index contributed by atoms with van der Waals surface area (Å²) in [6.45, 7) is 0. The third-order valence-corrected chi connectivity index (χ3v) is 16.9. The number of thioether (sulfide) groups is 1. The Balaban J connectivity index is 0.000000169. The van der Waals surface area contributed by atoms with Crippen LogP contribution in [0.15, 0.2) is 216 Å². The molecule has 9 N–H and O–H groups in total. The van der Waals surface area contributed by atoms with Gasteiger partial charge in [0.2, 0.25) is 15.0 Å². The lowest BCUT2D eigenvalue weighted by atomic mass is 10.1. The first-order valence-corrected chi connectivity index (χ1v) is 36.0. The average molecular weight is 1480 g/mol. The summed E-state index contributed by atoms with van der Waals surface area (Å²) in [5.41, 5.74) is 5.12. The molecule has 6 aromatic carbocycles. The van der Waals surface area contributed by atoms with E-state index in [2.05, 4.69) is 82.6 Å². The molecular weight excluding hydrogens is 1420 g/mol. The van der Waals surface area contributed by atoms with Crippen molar-refractivity contribution in [3.63, 3.8) is 0 Å². The first-order chi connectivity index (χ1) is 50.4. The fourth-order valence-corrected chi connectivity index (χ4v) is 10.9. The van der Waals surface area contributed by atoms with Crippen molar-refractivity contribution in [2.45, 2.75) is 15.5 Å². The number of carbonyl (C=O) groups is 6. The Labute approximate surface area is 604 Å². The van der Waals surface area contributed by atoms with Crippen molar-refractivity contribution in [2.24, 2.45) is 0 Å². The molecule has 1 unspecified atom stereocenters. The third-order valence-electron chi connectivity index (χ3n) is 14.6. The Hall–Kier alpha value is -13.1. The summed E-state index contributed by atoms with van der Waals surface area (Å²) in [6, 6.07) is 46.1. The minimum Gasteiger partial charge on any atom is -0.457 e. The summed E-state index contributed by atoms with van der Waals surface area (Å²) in [7, 11) is 0.356. The molecular formula is C73H62F3N15O11S3. The minimum absolute atomic E-state index is 0.0671. The monoisotopic (exact) mass is 1480 g/mol. The van der Waals surface area contributed by atoms with Gasteiger partial charge in [-0.1, -0.05) is 17.6 Å². The van der Waals surface area contributed by atoms with Gasteiger partial charge in [-0.15, -0.1) is 10.5 Å². The maximum atomic E-state index is 13.4. The normalized spacial score (nSPS) is 11.1. The zero-order chi connectivity index (χ0) is 74.9. The maximum Gasteiger partial charge on any atom is 0.274 e. The van der Waals surface area contributed by atoms with Crippen molar-refractivity contribution in [3.8, 4) is 68.3 Å². The van der Waals surface area contributed by atoms with E-state index in [4.69, 9.17) is 14.2 Å². The van der Waals surface area contributed by atoms with Crippen molar-refractivity contribution >= 4 is 90.5 Å². The number of H-pyrrole nitrogens is 3. The van der Waals surface area contributed by atoms with E-state index in [1.54, 1.807) is 115 Å². The lowest BCUT2D eigenvalue weighted by Crippen LogP contribution is -2.18. The Morgan fingerprint density at radius 1 is 0.429 bits per heavy atom. The van der Waals surface area contributed by atoms with Crippen molar-refractivity contribution in [3.05, 3.63) is 252 Å². The molecule has 0 saturated carbocycles. The van der Waals surface area contributed by atoms with Gasteiger partial charge in [0.05, 0.1) is 0 Å². The van der Waals surface area contributed by atoms with Crippen molar-refractivity contribution in [2.75, 3.05) is 55.9 Å². The van der Waals surface area contributed by atoms with Gasteiger partial charge in [-0.3, -0.25) is 43.7 Å². The smallest absolute Gasteiger partial charge is 0.274 e. The molecule has 0 saturated heterocycles. The molecule has 0 bridgehead atoms. The number of anilines is 3. The number of benzene rings is 6. The molecule has 26 nitrogen and oxygen atoms in total. The lowest BCUT2D eigenvalue weighted by molar-refractivity contribution is 0.0950. The van der Waals surface area contributed by atoms with Gasteiger partial charge >= 0.3 is 0 Å². The summed E-state index contributed by atoms with van der Waals surface area (Å²) in [5, 5.41) is 16.6. The van der Waals surface area contributed by atoms with Gasteiger partial charge in [-0.2, -0.15) is 0 Å². The molecule has 534 valence electrons. The number of hydrogen-bond donors (Lipinski definition) is 9. The molecule has 6 amide bonds. The van der Waals surface area contributed by atoms with Gasteiger partial charge in [-0.25, -0.2) is 36.5 Å². The second-order valence-corrected chi connectivity index (χ2v) is 26.4. The molecule has 0 spiro atoms. The van der Waals surface area contributed by atoms with Crippen LogP contribution in [0.5, 0.6) is 34.5 Å². The molecule has 6 aromatic heterocycles. The summed E-state index contributed by atoms with van der Waals surface area (Å²) in [5.74, 6) is 3.13. The van der Waals surface area contributed by atoms with Gasteiger partial charge in [0.15, 0.2) is 10.3 Å². The molecule has 1 atom stereocenters. The highest BCUT2D eigenvalue weighted by atomic mass is 32.2. The SMILES string of the molecule is C=S(C)c1nc(-c2ccc(F)cc2)c(C(=O)Nc2ccc(Oc3ccnc(C(=O)NC)c3)cc2)[nH]1.CNC(=O)c1cc(Oc2ccc(NC(=O)c3[nH]c(S(C)(=O)=O)nc3-c3ccc(F)cc3)cc2)ccn1.CNC(=O)c1cc(Oc2ccc(NC(=O)c3[nH]c(SC)nc3-c3ccc(F)cc3)cc2)ccn1. The predicted molar refractivity (Wildman–Crippen MR) is 392 cm³/mol. The van der Waals surface area contributed by atoms with E-state index in [1.807, 2.05) is 12.5 Å². The van der Waals surface area contributed by atoms with E-state index in [1.165, 1.54) is 118 Å². The number of rotatable bonds is 21. The number of amides is 6. The highest BCUT2D eigenvalue weighted by Crippen LogP contribution is 2.33. The summed E-state index contributed by atoms with van der Waals surface area (Å²) in [4.78, 5) is 108. The standard InChI is InChI=1S/C25H22FN5O3S.C24H20FN5O5S.C24H20FN5O3S/c1-27-23(32)20-14-19(12-13-28-20)34-18-10-8-17(9-11-18)29-24(33)22-21(30-25(31-22)35(2)3)15-4-6-16(26)7-5-15;1-26-22(31)19-13-18(11-12-27-19)35-17-9-7-16(8-10-17)28-23(32)21-20(14-3-5-15(25)6-4-14)29-24(30-21)36(2,33)34;1-26-22(31)19-13-18(11-12-27-19)33-17-9-7-16(8-10-17)28-23(32)21-20(29-24(30-21)34-2)14-3-5-15(25)6-4-14/h4-14H,2H2,1,3H3,(H,27,32)(H,29,33)(H,30,31);3-13H,1-2H3,(H,26,31)(H,28,32)(H,29,30);3-13H,1-2H3,(H,26,31)(H,28,32)(H,29,30). The number of sulfone groups is 1. The third kappa shape index (κ3) is 19.7. The molecule has 0 radical (unpaired) electrons. The van der Waals surface area contributed by atoms with Crippen LogP contribution >= 0.6 is 22.2 Å². The quantitative estimate of drug-likeness (QED) is 0.0238. The van der Waals surface area contributed by atoms with E-state index >= 15 is 0 Å². The maximum absolute atomic E-state index is 13.4. The van der Waals surface area contributed by atoms with Crippen LogP contribution in [0.2, 0.25) is 0 Å². The highest BCUT2D eigenvalue weighted by Gasteiger charge is 2.25. The molecule has 0 aliphatic heterocycles. The van der Waals surface area contributed by atoms with E-state index < -0.39 is 38.0 Å². The molecule has 105 heavy (non-hydrogen) atoms. The summed E-state index contributed by atoms with van der Waals surface area (Å²) in [6.07, 6.45) is 9.10. The molecule has 0 fully saturated rings. The number of nitrogens with zero attached hydrogens (tertiary/aromatic N) is 6. The largest absolute Gasteiger partial charge is 0.457 e. The average Bonchev–Trinajstić information content (AvgIpc) is 1.65. The Morgan fingerprint density at radius 3 is 1.06 bits per heavy atom. The first-order valence-electron chi connectivity index (χ1n) is 31.0. The summed E-state index contributed by atoms with van der Waals surface area (Å²) < 4.78 is 81.4. The fourth-order valence-electron chi connectivity index (χ4n) is 9.42. The van der Waals surface area contributed by atoms with Crippen LogP contribution in [0, 0.1) is 17.5 Å². The van der Waals surface area contributed by atoms with Crippen LogP contribution in [-0.4, -0.2) is 134 Å². The molecule has 12 aromatic rings. The van der Waals surface area contributed by atoms with Crippen LogP contribution in [-0.2, 0) is 9.84 Å². The molecule has 12 rings (SSSR count). The number of hydrogen-bond acceptors (Lipinski definition) is 18. The topological polar surface area (TPSA) is 361 Å². The fraction of sp³-hybridized carbons (Fsp3) is 0.0822. The van der Waals surface area contributed by atoms with Crippen LogP contribution < -0.4 is 46.1 Å².